The molecule has 0 saturated heterocycles. The van der Waals surface area contributed by atoms with Crippen molar-refractivity contribution in [3.63, 3.8) is 0 Å². The predicted octanol–water partition coefficient (Wildman–Crippen LogP) is 2.57. The van der Waals surface area contributed by atoms with E-state index in [9.17, 15) is 4.39 Å². The molecule has 0 bridgehead atoms. The van der Waals surface area contributed by atoms with Crippen LogP contribution in [0.1, 0.15) is 17.7 Å². The number of aromatic nitrogens is 1. The summed E-state index contributed by atoms with van der Waals surface area (Å²) in [4.78, 5) is 4.39. The number of aryl methyl sites for hydroxylation is 2. The van der Waals surface area contributed by atoms with Crippen LogP contribution >= 0.6 is 0 Å². The molecule has 0 amide bonds. The molecule has 2 rings (SSSR count). The third kappa shape index (κ3) is 2.19. The van der Waals surface area contributed by atoms with Crippen LogP contribution in [0.3, 0.4) is 0 Å². The van der Waals surface area contributed by atoms with Crippen LogP contribution in [0, 0.1) is 12.7 Å². The van der Waals surface area contributed by atoms with Gasteiger partial charge in [0.25, 0.3) is 0 Å². The molecule has 2 N–H and O–H groups in total. The molecule has 0 saturated carbocycles. The van der Waals surface area contributed by atoms with Crippen molar-refractivity contribution in [2.75, 3.05) is 6.54 Å². The van der Waals surface area contributed by atoms with E-state index in [1.807, 2.05) is 13.0 Å². The molecule has 1 aromatic heterocycles. The molecular weight excluding hydrogens is 203 g/mol. The molecule has 1 aromatic carbocycles. The number of rotatable bonds is 3. The Labute approximate surface area is 94.3 Å². The normalized spacial score (nSPS) is 10.9. The summed E-state index contributed by atoms with van der Waals surface area (Å²) in [6, 6.07) is 6.73. The van der Waals surface area contributed by atoms with Gasteiger partial charge in [-0.05, 0) is 56.1 Å². The minimum Gasteiger partial charge on any atom is -0.330 e. The Morgan fingerprint density at radius 1 is 1.31 bits per heavy atom. The first-order chi connectivity index (χ1) is 7.70. The van der Waals surface area contributed by atoms with Crippen LogP contribution in [0.2, 0.25) is 0 Å². The zero-order valence-corrected chi connectivity index (χ0v) is 9.33. The maximum atomic E-state index is 13.2. The fourth-order valence-corrected chi connectivity index (χ4v) is 1.91. The van der Waals surface area contributed by atoms with Gasteiger partial charge in [-0.3, -0.25) is 4.98 Å². The molecule has 0 aliphatic rings. The topological polar surface area (TPSA) is 38.9 Å². The van der Waals surface area contributed by atoms with Gasteiger partial charge < -0.3 is 5.73 Å². The van der Waals surface area contributed by atoms with Crippen LogP contribution in [-0.2, 0) is 6.42 Å². The van der Waals surface area contributed by atoms with Crippen molar-refractivity contribution < 1.29 is 4.39 Å². The summed E-state index contributed by atoms with van der Waals surface area (Å²) < 4.78 is 13.2. The molecule has 0 radical (unpaired) electrons. The van der Waals surface area contributed by atoms with Gasteiger partial charge in [0, 0.05) is 11.1 Å². The quantitative estimate of drug-likeness (QED) is 0.860. The number of halogens is 1. The highest BCUT2D eigenvalue weighted by atomic mass is 19.1. The molecule has 3 heteroatoms. The Bertz CT molecular complexity index is 509. The van der Waals surface area contributed by atoms with Gasteiger partial charge in [0.15, 0.2) is 0 Å². The molecule has 84 valence electrons. The molecule has 0 atom stereocenters. The Kier molecular flexibility index (Phi) is 3.15. The van der Waals surface area contributed by atoms with Gasteiger partial charge in [0.1, 0.15) is 5.82 Å². The fraction of sp³-hybridized carbons (Fsp3) is 0.308. The first kappa shape index (κ1) is 11.0. The zero-order valence-electron chi connectivity index (χ0n) is 9.33. The summed E-state index contributed by atoms with van der Waals surface area (Å²) in [6.45, 7) is 2.60. The molecular formula is C13H15FN2. The first-order valence-electron chi connectivity index (χ1n) is 5.46. The molecule has 2 nitrogen and oxygen atoms in total. The van der Waals surface area contributed by atoms with Crippen LogP contribution < -0.4 is 5.73 Å². The molecule has 0 unspecified atom stereocenters. The van der Waals surface area contributed by atoms with Gasteiger partial charge in [-0.1, -0.05) is 0 Å². The Balaban J connectivity index is 2.55. The Hall–Kier alpha value is -1.48. The number of benzene rings is 1. The van der Waals surface area contributed by atoms with E-state index >= 15 is 0 Å². The van der Waals surface area contributed by atoms with Gasteiger partial charge in [-0.2, -0.15) is 0 Å². The predicted molar refractivity (Wildman–Crippen MR) is 63.8 cm³/mol. The summed E-state index contributed by atoms with van der Waals surface area (Å²) >= 11 is 0. The molecule has 16 heavy (non-hydrogen) atoms. The summed E-state index contributed by atoms with van der Waals surface area (Å²) in [5.74, 6) is -0.216. The van der Waals surface area contributed by atoms with E-state index in [-0.39, 0.29) is 5.82 Å². The molecule has 0 fully saturated rings. The van der Waals surface area contributed by atoms with Crippen molar-refractivity contribution in [2.24, 2.45) is 5.73 Å². The SMILES string of the molecule is Cc1cc(CCCN)c2cc(F)ccc2n1. The molecule has 0 aliphatic heterocycles. The smallest absolute Gasteiger partial charge is 0.123 e. The lowest BCUT2D eigenvalue weighted by Gasteiger charge is -2.07. The summed E-state index contributed by atoms with van der Waals surface area (Å²) in [7, 11) is 0. The van der Waals surface area contributed by atoms with Crippen LogP contribution in [0.5, 0.6) is 0 Å². The number of nitrogens with zero attached hydrogens (tertiary/aromatic N) is 1. The number of hydrogen-bond donors (Lipinski definition) is 1. The number of nitrogens with two attached hydrogens (primary N) is 1. The van der Waals surface area contributed by atoms with Crippen molar-refractivity contribution in [3.8, 4) is 0 Å². The third-order valence-electron chi connectivity index (χ3n) is 2.63. The highest BCUT2D eigenvalue weighted by molar-refractivity contribution is 5.82. The highest BCUT2D eigenvalue weighted by Gasteiger charge is 2.04. The second-order valence-electron chi connectivity index (χ2n) is 3.98. The van der Waals surface area contributed by atoms with Crippen molar-refractivity contribution in [2.45, 2.75) is 19.8 Å². The first-order valence-corrected chi connectivity index (χ1v) is 5.46. The van der Waals surface area contributed by atoms with Gasteiger partial charge in [-0.15, -0.1) is 0 Å². The van der Waals surface area contributed by atoms with Gasteiger partial charge >= 0.3 is 0 Å². The van der Waals surface area contributed by atoms with Gasteiger partial charge in [0.05, 0.1) is 5.52 Å². The second kappa shape index (κ2) is 4.58. The lowest BCUT2D eigenvalue weighted by Crippen LogP contribution is -2.01. The number of fused-ring (bicyclic) bond motifs is 1. The van der Waals surface area contributed by atoms with E-state index in [1.54, 1.807) is 12.1 Å². The average Bonchev–Trinajstić information content (AvgIpc) is 2.26. The molecule has 1 heterocycles. The van der Waals surface area contributed by atoms with Crippen molar-refractivity contribution in [1.29, 1.82) is 0 Å². The summed E-state index contributed by atoms with van der Waals surface area (Å²) in [5, 5.41) is 0.902. The van der Waals surface area contributed by atoms with Gasteiger partial charge in [0.2, 0.25) is 0 Å². The number of pyridine rings is 1. The van der Waals surface area contributed by atoms with E-state index in [2.05, 4.69) is 4.98 Å². The van der Waals surface area contributed by atoms with E-state index in [0.717, 1.165) is 35.0 Å². The minimum absolute atomic E-state index is 0.216. The van der Waals surface area contributed by atoms with Crippen LogP contribution in [0.15, 0.2) is 24.3 Å². The van der Waals surface area contributed by atoms with E-state index in [1.165, 1.54) is 6.07 Å². The van der Waals surface area contributed by atoms with E-state index in [0.29, 0.717) is 6.54 Å². The zero-order chi connectivity index (χ0) is 11.5. The monoisotopic (exact) mass is 218 g/mol. The van der Waals surface area contributed by atoms with Crippen LogP contribution in [0.25, 0.3) is 10.9 Å². The third-order valence-corrected chi connectivity index (χ3v) is 2.63. The standard InChI is InChI=1S/C13H15FN2/c1-9-7-10(3-2-6-15)12-8-11(14)4-5-13(12)16-9/h4-5,7-8H,2-3,6,15H2,1H3. The summed E-state index contributed by atoms with van der Waals surface area (Å²) in [5.41, 5.74) is 8.45. The lowest BCUT2D eigenvalue weighted by atomic mass is 10.0. The van der Waals surface area contributed by atoms with Crippen molar-refractivity contribution in [3.05, 3.63) is 41.3 Å². The van der Waals surface area contributed by atoms with Gasteiger partial charge in [-0.25, -0.2) is 4.39 Å². The molecule has 2 aromatic rings. The Morgan fingerprint density at radius 2 is 2.12 bits per heavy atom. The average molecular weight is 218 g/mol. The summed E-state index contributed by atoms with van der Waals surface area (Å²) in [6.07, 6.45) is 1.79. The second-order valence-corrected chi connectivity index (χ2v) is 3.98. The largest absolute Gasteiger partial charge is 0.330 e. The highest BCUT2D eigenvalue weighted by Crippen LogP contribution is 2.20. The Morgan fingerprint density at radius 3 is 2.88 bits per heavy atom. The molecule has 0 spiro atoms. The van der Waals surface area contributed by atoms with E-state index < -0.39 is 0 Å². The number of hydrogen-bond acceptors (Lipinski definition) is 2. The lowest BCUT2D eigenvalue weighted by molar-refractivity contribution is 0.629. The van der Waals surface area contributed by atoms with Crippen LogP contribution in [-0.4, -0.2) is 11.5 Å². The van der Waals surface area contributed by atoms with Crippen molar-refractivity contribution in [1.82, 2.24) is 4.98 Å². The van der Waals surface area contributed by atoms with E-state index in [4.69, 9.17) is 5.73 Å². The maximum absolute atomic E-state index is 13.2. The fourth-order valence-electron chi connectivity index (χ4n) is 1.91. The minimum atomic E-state index is -0.216. The molecule has 0 aliphatic carbocycles. The van der Waals surface area contributed by atoms with Crippen LogP contribution in [0.4, 0.5) is 4.39 Å². The maximum Gasteiger partial charge on any atom is 0.123 e. The van der Waals surface area contributed by atoms with Crippen molar-refractivity contribution >= 4 is 10.9 Å².